The van der Waals surface area contributed by atoms with Crippen molar-refractivity contribution in [2.24, 2.45) is 5.84 Å². The summed E-state index contributed by atoms with van der Waals surface area (Å²) in [5, 5.41) is 3.45. The summed E-state index contributed by atoms with van der Waals surface area (Å²) < 4.78 is 33.0. The standard InChI is InChI=1S/C18H19F2N3O3/c1-3-23(21)18(25)22-10-12-8-7-11(9-15(12)20)13-5-4-6-14(19)16(13)17(24)26-2/h4-9H,3,10,21H2,1-2H3,(H,22,25). The fourth-order valence-corrected chi connectivity index (χ4v) is 2.35. The number of esters is 1. The molecule has 0 aromatic heterocycles. The van der Waals surface area contributed by atoms with Gasteiger partial charge in [-0.15, -0.1) is 0 Å². The van der Waals surface area contributed by atoms with Crippen LogP contribution in [0, 0.1) is 11.6 Å². The number of halogens is 2. The number of nitrogens with two attached hydrogens (primary N) is 1. The number of hydrogen-bond donors (Lipinski definition) is 2. The van der Waals surface area contributed by atoms with E-state index in [0.717, 1.165) is 18.2 Å². The van der Waals surface area contributed by atoms with Crippen molar-refractivity contribution in [2.75, 3.05) is 13.7 Å². The van der Waals surface area contributed by atoms with Gasteiger partial charge in [0.05, 0.1) is 7.11 Å². The molecule has 2 amide bonds. The maximum absolute atomic E-state index is 14.4. The molecule has 0 heterocycles. The molecule has 2 aromatic carbocycles. The third-order valence-electron chi connectivity index (χ3n) is 3.80. The number of urea groups is 1. The summed E-state index contributed by atoms with van der Waals surface area (Å²) in [6.45, 7) is 1.95. The Morgan fingerprint density at radius 3 is 2.54 bits per heavy atom. The molecule has 0 bridgehead atoms. The molecule has 0 aliphatic heterocycles. The fraction of sp³-hybridized carbons (Fsp3) is 0.222. The first-order valence-corrected chi connectivity index (χ1v) is 7.84. The fourth-order valence-electron chi connectivity index (χ4n) is 2.35. The van der Waals surface area contributed by atoms with E-state index in [4.69, 9.17) is 5.84 Å². The number of benzene rings is 2. The van der Waals surface area contributed by atoms with Crippen molar-refractivity contribution in [3.8, 4) is 11.1 Å². The Bertz CT molecular complexity index is 827. The van der Waals surface area contributed by atoms with E-state index in [1.165, 1.54) is 30.3 Å². The molecule has 3 N–H and O–H groups in total. The molecule has 2 rings (SSSR count). The van der Waals surface area contributed by atoms with Crippen molar-refractivity contribution in [1.82, 2.24) is 10.3 Å². The zero-order valence-electron chi connectivity index (χ0n) is 14.4. The third kappa shape index (κ3) is 4.15. The first-order chi connectivity index (χ1) is 12.4. The van der Waals surface area contributed by atoms with Gasteiger partial charge in [-0.2, -0.15) is 0 Å². The van der Waals surface area contributed by atoms with Gasteiger partial charge in [-0.05, 0) is 30.2 Å². The first kappa shape index (κ1) is 19.3. The van der Waals surface area contributed by atoms with Crippen molar-refractivity contribution < 1.29 is 23.1 Å². The topological polar surface area (TPSA) is 84.7 Å². The summed E-state index contributed by atoms with van der Waals surface area (Å²) in [4.78, 5) is 23.4. The van der Waals surface area contributed by atoms with Crippen molar-refractivity contribution >= 4 is 12.0 Å². The summed E-state index contributed by atoms with van der Waals surface area (Å²) in [6.07, 6.45) is 0. The van der Waals surface area contributed by atoms with E-state index < -0.39 is 23.6 Å². The number of methoxy groups -OCH3 is 1. The SMILES string of the molecule is CCN(N)C(=O)NCc1ccc(-c2cccc(F)c2C(=O)OC)cc1F. The molecular weight excluding hydrogens is 344 g/mol. The Balaban J connectivity index is 2.29. The number of carbonyl (C=O) groups is 2. The van der Waals surface area contributed by atoms with Crippen molar-refractivity contribution in [3.63, 3.8) is 0 Å². The molecule has 138 valence electrons. The normalized spacial score (nSPS) is 10.3. The van der Waals surface area contributed by atoms with Crippen molar-refractivity contribution in [2.45, 2.75) is 13.5 Å². The van der Waals surface area contributed by atoms with Crippen LogP contribution < -0.4 is 11.2 Å². The van der Waals surface area contributed by atoms with Gasteiger partial charge in [-0.3, -0.25) is 5.01 Å². The van der Waals surface area contributed by atoms with E-state index in [0.29, 0.717) is 12.1 Å². The Hall–Kier alpha value is -3.00. The second-order valence-corrected chi connectivity index (χ2v) is 5.40. The van der Waals surface area contributed by atoms with Crippen LogP contribution >= 0.6 is 0 Å². The predicted molar refractivity (Wildman–Crippen MR) is 91.9 cm³/mol. The molecule has 0 saturated carbocycles. The van der Waals surface area contributed by atoms with E-state index in [1.54, 1.807) is 6.92 Å². The first-order valence-electron chi connectivity index (χ1n) is 7.84. The minimum atomic E-state index is -0.850. The second-order valence-electron chi connectivity index (χ2n) is 5.40. The highest BCUT2D eigenvalue weighted by molar-refractivity contribution is 5.97. The molecule has 8 heteroatoms. The molecule has 0 fully saturated rings. The summed E-state index contributed by atoms with van der Waals surface area (Å²) in [7, 11) is 1.14. The predicted octanol–water partition coefficient (Wildman–Crippen LogP) is 2.82. The van der Waals surface area contributed by atoms with Crippen molar-refractivity contribution in [1.29, 1.82) is 0 Å². The highest BCUT2D eigenvalue weighted by Crippen LogP contribution is 2.28. The van der Waals surface area contributed by atoms with Gasteiger partial charge < -0.3 is 10.1 Å². The second kappa shape index (κ2) is 8.39. The van der Waals surface area contributed by atoms with Crippen LogP contribution in [0.5, 0.6) is 0 Å². The summed E-state index contributed by atoms with van der Waals surface area (Å²) in [5.41, 5.74) is 0.483. The van der Waals surface area contributed by atoms with Crippen LogP contribution in [0.1, 0.15) is 22.8 Å². The lowest BCUT2D eigenvalue weighted by Crippen LogP contribution is -2.44. The average Bonchev–Trinajstić information content (AvgIpc) is 2.65. The minimum Gasteiger partial charge on any atom is -0.465 e. The van der Waals surface area contributed by atoms with E-state index in [1.807, 2.05) is 0 Å². The maximum atomic E-state index is 14.4. The number of hydrazine groups is 1. The smallest absolute Gasteiger partial charge is 0.341 e. The van der Waals surface area contributed by atoms with Crippen LogP contribution in [-0.2, 0) is 11.3 Å². The highest BCUT2D eigenvalue weighted by atomic mass is 19.1. The average molecular weight is 363 g/mol. The number of carbonyl (C=O) groups excluding carboxylic acids is 2. The Labute approximate surface area is 149 Å². The van der Waals surface area contributed by atoms with Crippen molar-refractivity contribution in [3.05, 3.63) is 59.2 Å². The summed E-state index contributed by atoms with van der Waals surface area (Å²) in [6, 6.07) is 7.66. The van der Waals surface area contributed by atoms with Crippen LogP contribution in [0.4, 0.5) is 13.6 Å². The lowest BCUT2D eigenvalue weighted by Gasteiger charge is -2.15. The largest absolute Gasteiger partial charge is 0.465 e. The van der Waals surface area contributed by atoms with Gasteiger partial charge in [0.15, 0.2) is 0 Å². The van der Waals surface area contributed by atoms with Crippen LogP contribution in [-0.4, -0.2) is 30.7 Å². The van der Waals surface area contributed by atoms with Crippen LogP contribution in [0.25, 0.3) is 11.1 Å². The molecule has 26 heavy (non-hydrogen) atoms. The molecule has 0 atom stereocenters. The zero-order valence-corrected chi connectivity index (χ0v) is 14.4. The summed E-state index contributed by atoms with van der Waals surface area (Å²) in [5.74, 6) is 3.23. The highest BCUT2D eigenvalue weighted by Gasteiger charge is 2.19. The molecule has 2 aromatic rings. The van der Waals surface area contributed by atoms with Gasteiger partial charge in [0.1, 0.15) is 17.2 Å². The Kier molecular flexibility index (Phi) is 6.24. The van der Waals surface area contributed by atoms with E-state index in [9.17, 15) is 18.4 Å². The van der Waals surface area contributed by atoms with Crippen LogP contribution in [0.15, 0.2) is 36.4 Å². The maximum Gasteiger partial charge on any atom is 0.341 e. The number of hydrogen-bond acceptors (Lipinski definition) is 4. The van der Waals surface area contributed by atoms with Crippen LogP contribution in [0.2, 0.25) is 0 Å². The Morgan fingerprint density at radius 2 is 1.92 bits per heavy atom. The van der Waals surface area contributed by atoms with Gasteiger partial charge in [0.25, 0.3) is 0 Å². The van der Waals surface area contributed by atoms with Gasteiger partial charge in [-0.1, -0.05) is 24.3 Å². The lowest BCUT2D eigenvalue weighted by atomic mass is 9.98. The minimum absolute atomic E-state index is 0.0638. The monoisotopic (exact) mass is 363 g/mol. The molecular formula is C18H19F2N3O3. The molecule has 0 aliphatic rings. The number of nitrogens with one attached hydrogen (secondary N) is 1. The molecule has 0 spiro atoms. The van der Waals surface area contributed by atoms with Gasteiger partial charge in [0.2, 0.25) is 0 Å². The van der Waals surface area contributed by atoms with Gasteiger partial charge >= 0.3 is 12.0 Å². The van der Waals surface area contributed by atoms with Gasteiger partial charge in [0, 0.05) is 18.7 Å². The molecule has 0 saturated heterocycles. The third-order valence-corrected chi connectivity index (χ3v) is 3.80. The molecule has 0 unspecified atom stereocenters. The molecule has 6 nitrogen and oxygen atoms in total. The number of rotatable bonds is 5. The van der Waals surface area contributed by atoms with E-state index in [2.05, 4.69) is 10.1 Å². The molecule has 0 radical (unpaired) electrons. The quantitative estimate of drug-likeness (QED) is 0.370. The molecule has 0 aliphatic carbocycles. The number of amides is 2. The number of ether oxygens (including phenoxy) is 1. The zero-order chi connectivity index (χ0) is 19.3. The Morgan fingerprint density at radius 1 is 1.19 bits per heavy atom. The lowest BCUT2D eigenvalue weighted by molar-refractivity contribution is 0.0596. The number of nitrogens with zero attached hydrogens (tertiary/aromatic N) is 1. The summed E-state index contributed by atoms with van der Waals surface area (Å²) >= 11 is 0. The van der Waals surface area contributed by atoms with Gasteiger partial charge in [-0.25, -0.2) is 24.2 Å². The van der Waals surface area contributed by atoms with Crippen LogP contribution in [0.3, 0.4) is 0 Å². The van der Waals surface area contributed by atoms with E-state index >= 15 is 0 Å². The van der Waals surface area contributed by atoms with E-state index in [-0.39, 0.29) is 23.2 Å².